The fourth-order valence-corrected chi connectivity index (χ4v) is 1.58. The van der Waals surface area contributed by atoms with Gasteiger partial charge in [-0.1, -0.05) is 19.1 Å². The van der Waals surface area contributed by atoms with Gasteiger partial charge in [-0.15, -0.1) is 0 Å². The third-order valence-corrected chi connectivity index (χ3v) is 2.60. The van der Waals surface area contributed by atoms with Crippen LogP contribution in [0.25, 0.3) is 5.69 Å². The van der Waals surface area contributed by atoms with E-state index in [9.17, 15) is 4.79 Å². The van der Waals surface area contributed by atoms with Crippen molar-refractivity contribution in [1.29, 1.82) is 0 Å². The third kappa shape index (κ3) is 2.16. The Morgan fingerprint density at radius 2 is 2.12 bits per heavy atom. The fraction of sp³-hybridized carbons (Fsp3) is 0.250. The smallest absolute Gasteiger partial charge is 0.138 e. The first-order valence-electron chi connectivity index (χ1n) is 5.20. The second kappa shape index (κ2) is 4.70. The molecule has 4 heteroatoms. The number of hydrogen-bond acceptors (Lipinski definition) is 3. The molecule has 1 unspecified atom stereocenters. The largest absolute Gasteiger partial charge is 0.303 e. The van der Waals surface area contributed by atoms with E-state index in [1.165, 1.54) is 6.33 Å². The van der Waals surface area contributed by atoms with Gasteiger partial charge in [-0.25, -0.2) is 9.67 Å². The van der Waals surface area contributed by atoms with Crippen LogP contribution in [-0.4, -0.2) is 21.1 Å². The number of hydrogen-bond donors (Lipinski definition) is 0. The van der Waals surface area contributed by atoms with Crippen LogP contribution in [0.4, 0.5) is 0 Å². The van der Waals surface area contributed by atoms with Crippen LogP contribution in [-0.2, 0) is 4.79 Å². The lowest BCUT2D eigenvalue weighted by Gasteiger charge is -2.08. The number of carbonyl (C=O) groups excluding carboxylic acids is 1. The van der Waals surface area contributed by atoms with E-state index in [-0.39, 0.29) is 5.92 Å². The average molecular weight is 215 g/mol. The van der Waals surface area contributed by atoms with Gasteiger partial charge in [-0.2, -0.15) is 5.10 Å². The number of aldehydes is 1. The highest BCUT2D eigenvalue weighted by Gasteiger charge is 2.04. The zero-order valence-electron chi connectivity index (χ0n) is 9.08. The van der Waals surface area contributed by atoms with Gasteiger partial charge in [0.25, 0.3) is 0 Å². The molecule has 0 N–H and O–H groups in total. The Hall–Kier alpha value is -1.97. The molecule has 0 aliphatic carbocycles. The summed E-state index contributed by atoms with van der Waals surface area (Å²) in [5.74, 6) is 0.266. The first kappa shape index (κ1) is 10.5. The van der Waals surface area contributed by atoms with Gasteiger partial charge < -0.3 is 4.79 Å². The van der Waals surface area contributed by atoms with Crippen molar-refractivity contribution in [3.05, 3.63) is 42.5 Å². The summed E-state index contributed by atoms with van der Waals surface area (Å²) in [5, 5.41) is 4.05. The highest BCUT2D eigenvalue weighted by molar-refractivity contribution is 5.51. The molecule has 0 aliphatic rings. The van der Waals surface area contributed by atoms with Crippen molar-refractivity contribution in [2.24, 2.45) is 0 Å². The van der Waals surface area contributed by atoms with Crippen molar-refractivity contribution >= 4 is 6.29 Å². The van der Waals surface area contributed by atoms with E-state index in [2.05, 4.69) is 10.1 Å². The van der Waals surface area contributed by atoms with Gasteiger partial charge in [-0.05, 0) is 23.6 Å². The molecule has 0 saturated heterocycles. The molecule has 0 saturated carbocycles. The van der Waals surface area contributed by atoms with E-state index in [0.717, 1.165) is 17.5 Å². The summed E-state index contributed by atoms with van der Waals surface area (Å²) >= 11 is 0. The number of rotatable bonds is 4. The monoisotopic (exact) mass is 215 g/mol. The third-order valence-electron chi connectivity index (χ3n) is 2.60. The van der Waals surface area contributed by atoms with Crippen molar-refractivity contribution in [2.75, 3.05) is 0 Å². The molecular formula is C12H13N3O. The Balaban J connectivity index is 2.19. The molecule has 16 heavy (non-hydrogen) atoms. The lowest BCUT2D eigenvalue weighted by Crippen LogP contribution is -1.97. The van der Waals surface area contributed by atoms with Crippen LogP contribution in [0.15, 0.2) is 36.9 Å². The molecule has 0 bridgehead atoms. The fourth-order valence-electron chi connectivity index (χ4n) is 1.58. The standard InChI is InChI=1S/C12H13N3O/c1-10(6-7-16)11-2-4-12(5-3-11)15-9-13-8-14-15/h2-5,7-10H,6H2,1H3. The van der Waals surface area contributed by atoms with E-state index in [1.54, 1.807) is 11.0 Å². The van der Waals surface area contributed by atoms with Crippen LogP contribution in [0, 0.1) is 0 Å². The number of aromatic nitrogens is 3. The predicted molar refractivity (Wildman–Crippen MR) is 60.5 cm³/mol. The first-order valence-corrected chi connectivity index (χ1v) is 5.20. The molecule has 0 radical (unpaired) electrons. The Morgan fingerprint density at radius 1 is 1.38 bits per heavy atom. The van der Waals surface area contributed by atoms with Gasteiger partial charge in [-0.3, -0.25) is 0 Å². The zero-order valence-corrected chi connectivity index (χ0v) is 9.08. The minimum atomic E-state index is 0.266. The topological polar surface area (TPSA) is 47.8 Å². The molecule has 0 amide bonds. The maximum Gasteiger partial charge on any atom is 0.138 e. The van der Waals surface area contributed by atoms with Crippen LogP contribution in [0.1, 0.15) is 24.8 Å². The lowest BCUT2D eigenvalue weighted by atomic mass is 9.98. The highest BCUT2D eigenvalue weighted by Crippen LogP contribution is 2.19. The lowest BCUT2D eigenvalue weighted by molar-refractivity contribution is -0.108. The molecule has 2 rings (SSSR count). The van der Waals surface area contributed by atoms with E-state index >= 15 is 0 Å². The quantitative estimate of drug-likeness (QED) is 0.732. The maximum atomic E-state index is 10.4. The molecule has 82 valence electrons. The van der Waals surface area contributed by atoms with Crippen molar-refractivity contribution in [3.63, 3.8) is 0 Å². The first-order chi connectivity index (χ1) is 7.81. The minimum Gasteiger partial charge on any atom is -0.303 e. The van der Waals surface area contributed by atoms with E-state index < -0.39 is 0 Å². The van der Waals surface area contributed by atoms with Crippen LogP contribution in [0.5, 0.6) is 0 Å². The second-order valence-electron chi connectivity index (χ2n) is 3.73. The average Bonchev–Trinajstić information content (AvgIpc) is 2.83. The zero-order chi connectivity index (χ0) is 11.4. The predicted octanol–water partition coefficient (Wildman–Crippen LogP) is 1.96. The Bertz CT molecular complexity index is 448. The molecule has 0 aliphatic heterocycles. The molecular weight excluding hydrogens is 202 g/mol. The normalized spacial score (nSPS) is 12.3. The van der Waals surface area contributed by atoms with E-state index in [0.29, 0.717) is 6.42 Å². The Labute approximate surface area is 93.9 Å². The van der Waals surface area contributed by atoms with E-state index in [4.69, 9.17) is 0 Å². The van der Waals surface area contributed by atoms with Gasteiger partial charge in [0.1, 0.15) is 18.9 Å². The molecule has 1 aromatic carbocycles. The van der Waals surface area contributed by atoms with Crippen molar-refractivity contribution in [1.82, 2.24) is 14.8 Å². The summed E-state index contributed by atoms with van der Waals surface area (Å²) in [6.07, 6.45) is 4.67. The van der Waals surface area contributed by atoms with Gasteiger partial charge in [0.05, 0.1) is 5.69 Å². The number of benzene rings is 1. The number of nitrogens with zero attached hydrogens (tertiary/aromatic N) is 3. The maximum absolute atomic E-state index is 10.4. The second-order valence-corrected chi connectivity index (χ2v) is 3.73. The molecule has 2 aromatic rings. The van der Waals surface area contributed by atoms with Crippen LogP contribution in [0.2, 0.25) is 0 Å². The van der Waals surface area contributed by atoms with Gasteiger partial charge in [0.2, 0.25) is 0 Å². The summed E-state index contributed by atoms with van der Waals surface area (Å²) < 4.78 is 1.70. The SMILES string of the molecule is CC(CC=O)c1ccc(-n2cncn2)cc1. The summed E-state index contributed by atoms with van der Waals surface area (Å²) in [6.45, 7) is 2.04. The van der Waals surface area contributed by atoms with Crippen LogP contribution in [0.3, 0.4) is 0 Å². The van der Waals surface area contributed by atoms with Crippen molar-refractivity contribution < 1.29 is 4.79 Å². The molecule has 0 fully saturated rings. The molecule has 0 spiro atoms. The highest BCUT2D eigenvalue weighted by atomic mass is 16.1. The summed E-state index contributed by atoms with van der Waals surface area (Å²) in [6, 6.07) is 7.99. The van der Waals surface area contributed by atoms with Gasteiger partial charge in [0.15, 0.2) is 0 Å². The van der Waals surface area contributed by atoms with Crippen molar-refractivity contribution in [3.8, 4) is 5.69 Å². The summed E-state index contributed by atoms with van der Waals surface area (Å²) in [4.78, 5) is 14.3. The number of carbonyl (C=O) groups is 1. The van der Waals surface area contributed by atoms with Crippen LogP contribution >= 0.6 is 0 Å². The van der Waals surface area contributed by atoms with Gasteiger partial charge in [0, 0.05) is 6.42 Å². The molecule has 1 aromatic heterocycles. The van der Waals surface area contributed by atoms with E-state index in [1.807, 2.05) is 31.2 Å². The summed E-state index contributed by atoms with van der Waals surface area (Å²) in [7, 11) is 0. The Morgan fingerprint density at radius 3 is 2.69 bits per heavy atom. The van der Waals surface area contributed by atoms with Gasteiger partial charge >= 0.3 is 0 Å². The molecule has 4 nitrogen and oxygen atoms in total. The summed E-state index contributed by atoms with van der Waals surface area (Å²) in [5.41, 5.74) is 2.13. The molecule has 1 heterocycles. The van der Waals surface area contributed by atoms with Crippen LogP contribution < -0.4 is 0 Å². The Kier molecular flexibility index (Phi) is 3.10. The molecule has 1 atom stereocenters. The minimum absolute atomic E-state index is 0.266. The van der Waals surface area contributed by atoms with Crippen molar-refractivity contribution in [2.45, 2.75) is 19.3 Å².